The zero-order chi connectivity index (χ0) is 12.8. The van der Waals surface area contributed by atoms with Gasteiger partial charge in [0.1, 0.15) is 5.82 Å². The van der Waals surface area contributed by atoms with Crippen LogP contribution >= 0.6 is 0 Å². The van der Waals surface area contributed by atoms with Crippen molar-refractivity contribution >= 4 is 5.69 Å². The monoisotopic (exact) mass is 250 g/mol. The maximum Gasteiger partial charge on any atom is 0.146 e. The second-order valence-corrected chi connectivity index (χ2v) is 4.97. The van der Waals surface area contributed by atoms with Gasteiger partial charge in [0.15, 0.2) is 0 Å². The maximum absolute atomic E-state index is 13.7. The topological polar surface area (TPSA) is 15.3 Å². The van der Waals surface area contributed by atoms with E-state index in [2.05, 4.69) is 17.1 Å². The lowest BCUT2D eigenvalue weighted by atomic mass is 10.2. The van der Waals surface area contributed by atoms with Crippen LogP contribution in [0.3, 0.4) is 0 Å². The quantitative estimate of drug-likeness (QED) is 0.834. The molecule has 1 aromatic rings. The summed E-state index contributed by atoms with van der Waals surface area (Å²) in [6, 6.07) is 7.70. The third-order valence-electron chi connectivity index (χ3n) is 3.74. The van der Waals surface area contributed by atoms with Crippen LogP contribution < -0.4 is 10.2 Å². The van der Waals surface area contributed by atoms with E-state index in [0.717, 1.165) is 19.6 Å². The van der Waals surface area contributed by atoms with E-state index in [1.807, 2.05) is 12.1 Å². The molecule has 100 valence electrons. The van der Waals surface area contributed by atoms with Crippen LogP contribution in [-0.2, 0) is 0 Å². The lowest BCUT2D eigenvalue weighted by Gasteiger charge is -2.24. The fourth-order valence-electron chi connectivity index (χ4n) is 2.69. The van der Waals surface area contributed by atoms with Gasteiger partial charge in [-0.1, -0.05) is 25.0 Å². The highest BCUT2D eigenvalue weighted by atomic mass is 19.1. The second-order valence-electron chi connectivity index (χ2n) is 4.97. The first kappa shape index (κ1) is 13.3. The summed E-state index contributed by atoms with van der Waals surface area (Å²) in [6.07, 6.45) is 5.29. The van der Waals surface area contributed by atoms with Crippen LogP contribution in [0.2, 0.25) is 0 Å². The van der Waals surface area contributed by atoms with E-state index in [1.165, 1.54) is 31.7 Å². The Hall–Kier alpha value is -1.09. The molecule has 0 aromatic heterocycles. The minimum atomic E-state index is -0.125. The highest BCUT2D eigenvalue weighted by molar-refractivity contribution is 5.47. The standard InChI is InChI=1S/C15H23FN2/c1-2-18(15-10-6-5-9-14(15)16)12-11-17-13-7-3-4-8-13/h5-6,9-10,13,17H,2-4,7-8,11-12H2,1H3. The van der Waals surface area contributed by atoms with Crippen molar-refractivity contribution in [2.24, 2.45) is 0 Å². The first-order valence-electron chi connectivity index (χ1n) is 7.04. The largest absolute Gasteiger partial charge is 0.368 e. The van der Waals surface area contributed by atoms with Gasteiger partial charge in [-0.3, -0.25) is 0 Å². The predicted octanol–water partition coefficient (Wildman–Crippen LogP) is 3.18. The summed E-state index contributed by atoms with van der Waals surface area (Å²) in [6.45, 7) is 4.72. The van der Waals surface area contributed by atoms with Crippen molar-refractivity contribution in [1.82, 2.24) is 5.32 Å². The van der Waals surface area contributed by atoms with Crippen molar-refractivity contribution in [3.8, 4) is 0 Å². The van der Waals surface area contributed by atoms with Crippen molar-refractivity contribution < 1.29 is 4.39 Å². The molecule has 0 unspecified atom stereocenters. The van der Waals surface area contributed by atoms with Crippen LogP contribution in [0.15, 0.2) is 24.3 Å². The van der Waals surface area contributed by atoms with E-state index in [-0.39, 0.29) is 5.82 Å². The molecule has 1 N–H and O–H groups in total. The number of nitrogens with zero attached hydrogens (tertiary/aromatic N) is 1. The normalized spacial score (nSPS) is 16.1. The van der Waals surface area contributed by atoms with Gasteiger partial charge in [0.25, 0.3) is 0 Å². The molecule has 0 atom stereocenters. The maximum atomic E-state index is 13.7. The summed E-state index contributed by atoms with van der Waals surface area (Å²) < 4.78 is 13.7. The Labute approximate surface area is 109 Å². The molecular weight excluding hydrogens is 227 g/mol. The first-order chi connectivity index (χ1) is 8.81. The molecule has 0 saturated heterocycles. The minimum Gasteiger partial charge on any atom is -0.368 e. The number of hydrogen-bond acceptors (Lipinski definition) is 2. The van der Waals surface area contributed by atoms with Crippen LogP contribution in [0, 0.1) is 5.82 Å². The number of hydrogen-bond donors (Lipinski definition) is 1. The summed E-state index contributed by atoms with van der Waals surface area (Å²) in [4.78, 5) is 2.09. The van der Waals surface area contributed by atoms with E-state index < -0.39 is 0 Å². The average molecular weight is 250 g/mol. The highest BCUT2D eigenvalue weighted by Crippen LogP contribution is 2.19. The average Bonchev–Trinajstić information content (AvgIpc) is 2.89. The molecule has 0 spiro atoms. The van der Waals surface area contributed by atoms with Gasteiger partial charge in [-0.15, -0.1) is 0 Å². The van der Waals surface area contributed by atoms with Crippen LogP contribution in [0.4, 0.5) is 10.1 Å². The Morgan fingerprint density at radius 3 is 2.67 bits per heavy atom. The molecule has 1 aliphatic rings. The lowest BCUT2D eigenvalue weighted by molar-refractivity contribution is 0.523. The zero-order valence-electron chi connectivity index (χ0n) is 11.2. The van der Waals surface area contributed by atoms with Gasteiger partial charge in [0.2, 0.25) is 0 Å². The molecule has 2 nitrogen and oxygen atoms in total. The molecule has 3 heteroatoms. The Balaban J connectivity index is 1.83. The molecule has 2 rings (SSSR count). The van der Waals surface area contributed by atoms with E-state index in [1.54, 1.807) is 6.07 Å². The zero-order valence-corrected chi connectivity index (χ0v) is 11.2. The second kappa shape index (κ2) is 6.74. The summed E-state index contributed by atoms with van der Waals surface area (Å²) in [5, 5.41) is 3.57. The number of benzene rings is 1. The van der Waals surface area contributed by atoms with Crippen molar-refractivity contribution in [1.29, 1.82) is 0 Å². The Morgan fingerprint density at radius 2 is 2.00 bits per heavy atom. The van der Waals surface area contributed by atoms with Gasteiger partial charge in [0, 0.05) is 25.7 Å². The Bertz CT molecular complexity index is 361. The molecule has 0 amide bonds. The molecule has 0 heterocycles. The van der Waals surface area contributed by atoms with Gasteiger partial charge in [-0.25, -0.2) is 4.39 Å². The van der Waals surface area contributed by atoms with Crippen molar-refractivity contribution in [3.05, 3.63) is 30.1 Å². The summed E-state index contributed by atoms with van der Waals surface area (Å²) in [5.74, 6) is -0.125. The van der Waals surface area contributed by atoms with Crippen molar-refractivity contribution in [2.45, 2.75) is 38.6 Å². The SMILES string of the molecule is CCN(CCNC1CCCC1)c1ccccc1F. The molecule has 0 bridgehead atoms. The van der Waals surface area contributed by atoms with Crippen LogP contribution in [0.25, 0.3) is 0 Å². The Kier molecular flexibility index (Phi) is 5.00. The number of halogens is 1. The van der Waals surface area contributed by atoms with Crippen molar-refractivity contribution in [3.63, 3.8) is 0 Å². The van der Waals surface area contributed by atoms with Gasteiger partial charge >= 0.3 is 0 Å². The predicted molar refractivity (Wildman–Crippen MR) is 74.5 cm³/mol. The molecule has 1 aliphatic carbocycles. The third kappa shape index (κ3) is 3.45. The van der Waals surface area contributed by atoms with Crippen LogP contribution in [0.5, 0.6) is 0 Å². The van der Waals surface area contributed by atoms with Crippen LogP contribution in [0.1, 0.15) is 32.6 Å². The fraction of sp³-hybridized carbons (Fsp3) is 0.600. The number of likely N-dealkylation sites (N-methyl/N-ethyl adjacent to an activating group) is 1. The van der Waals surface area contributed by atoms with Gasteiger partial charge in [-0.05, 0) is 31.9 Å². The van der Waals surface area contributed by atoms with E-state index in [4.69, 9.17) is 0 Å². The minimum absolute atomic E-state index is 0.125. The number of rotatable bonds is 6. The third-order valence-corrected chi connectivity index (χ3v) is 3.74. The molecule has 1 aromatic carbocycles. The molecule has 18 heavy (non-hydrogen) atoms. The number of para-hydroxylation sites is 1. The van der Waals surface area contributed by atoms with Crippen molar-refractivity contribution in [2.75, 3.05) is 24.5 Å². The summed E-state index contributed by atoms with van der Waals surface area (Å²) >= 11 is 0. The number of nitrogens with one attached hydrogen (secondary N) is 1. The highest BCUT2D eigenvalue weighted by Gasteiger charge is 2.14. The van der Waals surface area contributed by atoms with Gasteiger partial charge < -0.3 is 10.2 Å². The fourth-order valence-corrected chi connectivity index (χ4v) is 2.69. The molecule has 0 radical (unpaired) electrons. The number of anilines is 1. The van der Waals surface area contributed by atoms with E-state index in [0.29, 0.717) is 11.7 Å². The van der Waals surface area contributed by atoms with Gasteiger partial charge in [0.05, 0.1) is 5.69 Å². The van der Waals surface area contributed by atoms with E-state index >= 15 is 0 Å². The summed E-state index contributed by atoms with van der Waals surface area (Å²) in [5.41, 5.74) is 0.716. The summed E-state index contributed by atoms with van der Waals surface area (Å²) in [7, 11) is 0. The smallest absolute Gasteiger partial charge is 0.146 e. The molecule has 1 fully saturated rings. The first-order valence-corrected chi connectivity index (χ1v) is 7.04. The molecular formula is C15H23FN2. The van der Waals surface area contributed by atoms with E-state index in [9.17, 15) is 4.39 Å². The molecule has 0 aliphatic heterocycles. The lowest BCUT2D eigenvalue weighted by Crippen LogP contribution is -2.36. The van der Waals surface area contributed by atoms with Crippen LogP contribution in [-0.4, -0.2) is 25.7 Å². The Morgan fingerprint density at radius 1 is 1.28 bits per heavy atom. The molecule has 1 saturated carbocycles. The van der Waals surface area contributed by atoms with Gasteiger partial charge in [-0.2, -0.15) is 0 Å².